The number of aliphatic hydroxyl groups excluding tert-OH is 1. The molecule has 2 saturated heterocycles. The molecule has 3 heterocycles. The van der Waals surface area contributed by atoms with E-state index in [1.54, 1.807) is 11.3 Å². The van der Waals surface area contributed by atoms with Crippen LogP contribution in [-0.4, -0.2) is 60.3 Å². The normalized spacial score (nSPS) is 21.5. The minimum atomic E-state index is 0.0437. The van der Waals surface area contributed by atoms with Crippen molar-refractivity contribution in [3.63, 3.8) is 0 Å². The highest BCUT2D eigenvalue weighted by Gasteiger charge is 2.26. The number of amides is 2. The number of hydrogen-bond donors (Lipinski definition) is 2. The van der Waals surface area contributed by atoms with E-state index in [0.717, 1.165) is 39.0 Å². The zero-order valence-corrected chi connectivity index (χ0v) is 14.4. The molecule has 3 rings (SSSR count). The van der Waals surface area contributed by atoms with Crippen LogP contribution in [0.3, 0.4) is 0 Å². The molecule has 5 nitrogen and oxygen atoms in total. The molecule has 1 unspecified atom stereocenters. The van der Waals surface area contributed by atoms with Crippen LogP contribution in [0.5, 0.6) is 0 Å². The topological polar surface area (TPSA) is 55.8 Å². The molecule has 128 valence electrons. The summed E-state index contributed by atoms with van der Waals surface area (Å²) in [5, 5.41) is 14.4. The molecule has 2 aliphatic rings. The SMILES string of the molecule is O=C(NCC(c1cccs1)N1CCCC1)N1CCC(CO)CC1. The second-order valence-electron chi connectivity index (χ2n) is 6.57. The Morgan fingerprint density at radius 1 is 1.30 bits per heavy atom. The number of hydrogen-bond acceptors (Lipinski definition) is 4. The molecule has 0 aliphatic carbocycles. The number of piperidine rings is 1. The van der Waals surface area contributed by atoms with Gasteiger partial charge in [-0.25, -0.2) is 4.79 Å². The van der Waals surface area contributed by atoms with Gasteiger partial charge < -0.3 is 15.3 Å². The van der Waals surface area contributed by atoms with Crippen LogP contribution in [0.1, 0.15) is 36.6 Å². The molecule has 0 spiro atoms. The molecule has 1 aromatic rings. The minimum absolute atomic E-state index is 0.0437. The molecule has 0 radical (unpaired) electrons. The monoisotopic (exact) mass is 337 g/mol. The van der Waals surface area contributed by atoms with Gasteiger partial charge in [0.15, 0.2) is 0 Å². The second-order valence-corrected chi connectivity index (χ2v) is 7.55. The predicted octanol–water partition coefficient (Wildman–Crippen LogP) is 2.30. The Labute approximate surface area is 142 Å². The minimum Gasteiger partial charge on any atom is -0.396 e. The first-order valence-electron chi connectivity index (χ1n) is 8.69. The van der Waals surface area contributed by atoms with E-state index in [1.165, 1.54) is 17.7 Å². The van der Waals surface area contributed by atoms with Crippen LogP contribution >= 0.6 is 11.3 Å². The number of carbonyl (C=O) groups is 1. The van der Waals surface area contributed by atoms with Crippen molar-refractivity contribution in [2.24, 2.45) is 5.92 Å². The number of thiophene rings is 1. The molecule has 0 aromatic carbocycles. The predicted molar refractivity (Wildman–Crippen MR) is 92.6 cm³/mol. The summed E-state index contributed by atoms with van der Waals surface area (Å²) in [7, 11) is 0. The van der Waals surface area contributed by atoms with Crippen molar-refractivity contribution in [1.82, 2.24) is 15.1 Å². The second kappa shape index (κ2) is 8.13. The van der Waals surface area contributed by atoms with Crippen molar-refractivity contribution >= 4 is 17.4 Å². The third-order valence-corrected chi connectivity index (χ3v) is 6.03. The Kier molecular flexibility index (Phi) is 5.91. The third-order valence-electron chi connectivity index (χ3n) is 5.06. The van der Waals surface area contributed by atoms with Crippen LogP contribution in [0.4, 0.5) is 4.79 Å². The van der Waals surface area contributed by atoms with E-state index in [2.05, 4.69) is 27.7 Å². The van der Waals surface area contributed by atoms with Gasteiger partial charge >= 0.3 is 6.03 Å². The summed E-state index contributed by atoms with van der Waals surface area (Å²) in [6.45, 7) is 4.68. The van der Waals surface area contributed by atoms with E-state index in [-0.39, 0.29) is 12.6 Å². The maximum Gasteiger partial charge on any atom is 0.317 e. The molecular weight excluding hydrogens is 310 g/mol. The number of aliphatic hydroxyl groups is 1. The van der Waals surface area contributed by atoms with E-state index in [0.29, 0.717) is 18.5 Å². The van der Waals surface area contributed by atoms with Crippen molar-refractivity contribution < 1.29 is 9.90 Å². The molecule has 2 aliphatic heterocycles. The van der Waals surface area contributed by atoms with Gasteiger partial charge in [-0.2, -0.15) is 0 Å². The van der Waals surface area contributed by atoms with Crippen molar-refractivity contribution in [3.8, 4) is 0 Å². The van der Waals surface area contributed by atoms with Gasteiger partial charge in [0.25, 0.3) is 0 Å². The van der Waals surface area contributed by atoms with Gasteiger partial charge in [-0.1, -0.05) is 6.07 Å². The number of likely N-dealkylation sites (tertiary alicyclic amines) is 2. The van der Waals surface area contributed by atoms with Crippen LogP contribution in [-0.2, 0) is 0 Å². The number of rotatable bonds is 5. The summed E-state index contributed by atoms with van der Waals surface area (Å²) < 4.78 is 0. The lowest BCUT2D eigenvalue weighted by atomic mass is 9.98. The number of urea groups is 1. The molecule has 0 saturated carbocycles. The Hall–Kier alpha value is -1.11. The fourth-order valence-electron chi connectivity index (χ4n) is 3.56. The molecule has 23 heavy (non-hydrogen) atoms. The maximum absolute atomic E-state index is 12.4. The Morgan fingerprint density at radius 3 is 2.65 bits per heavy atom. The highest BCUT2D eigenvalue weighted by Crippen LogP contribution is 2.28. The maximum atomic E-state index is 12.4. The Morgan fingerprint density at radius 2 is 2.04 bits per heavy atom. The van der Waals surface area contributed by atoms with Crippen molar-refractivity contribution in [3.05, 3.63) is 22.4 Å². The fraction of sp³-hybridized carbons (Fsp3) is 0.706. The smallest absolute Gasteiger partial charge is 0.317 e. The van der Waals surface area contributed by atoms with Gasteiger partial charge in [-0.05, 0) is 56.1 Å². The van der Waals surface area contributed by atoms with Crippen LogP contribution in [0.15, 0.2) is 17.5 Å². The standard InChI is InChI=1S/C17H27N3O2S/c21-13-14-5-9-20(10-6-14)17(22)18-12-15(16-4-3-11-23-16)19-7-1-2-8-19/h3-4,11,14-15,21H,1-2,5-10,12-13H2,(H,18,22). The third kappa shape index (κ3) is 4.25. The molecule has 1 atom stereocenters. The van der Waals surface area contributed by atoms with Gasteiger partial charge in [0.1, 0.15) is 0 Å². The molecule has 6 heteroatoms. The van der Waals surface area contributed by atoms with Crippen LogP contribution < -0.4 is 5.32 Å². The van der Waals surface area contributed by atoms with E-state index in [9.17, 15) is 9.90 Å². The first-order valence-corrected chi connectivity index (χ1v) is 9.57. The molecule has 2 fully saturated rings. The average molecular weight is 337 g/mol. The summed E-state index contributed by atoms with van der Waals surface area (Å²) in [6, 6.07) is 4.61. The van der Waals surface area contributed by atoms with Gasteiger partial charge in [-0.15, -0.1) is 11.3 Å². The van der Waals surface area contributed by atoms with E-state index >= 15 is 0 Å². The lowest BCUT2D eigenvalue weighted by Crippen LogP contribution is -2.47. The summed E-state index contributed by atoms with van der Waals surface area (Å²) in [6.07, 6.45) is 4.32. The highest BCUT2D eigenvalue weighted by molar-refractivity contribution is 7.10. The lowest BCUT2D eigenvalue weighted by Gasteiger charge is -2.32. The van der Waals surface area contributed by atoms with E-state index < -0.39 is 0 Å². The molecule has 1 aromatic heterocycles. The van der Waals surface area contributed by atoms with Crippen molar-refractivity contribution in [1.29, 1.82) is 0 Å². The zero-order valence-electron chi connectivity index (χ0n) is 13.6. The summed E-state index contributed by atoms with van der Waals surface area (Å²) in [5.41, 5.74) is 0. The molecule has 2 N–H and O–H groups in total. The van der Waals surface area contributed by atoms with Crippen molar-refractivity contribution in [2.75, 3.05) is 39.3 Å². The largest absolute Gasteiger partial charge is 0.396 e. The highest BCUT2D eigenvalue weighted by atomic mass is 32.1. The average Bonchev–Trinajstić information content (AvgIpc) is 3.29. The van der Waals surface area contributed by atoms with Gasteiger partial charge in [-0.3, -0.25) is 4.90 Å². The zero-order chi connectivity index (χ0) is 16.1. The first kappa shape index (κ1) is 16.7. The fourth-order valence-corrected chi connectivity index (χ4v) is 4.42. The lowest BCUT2D eigenvalue weighted by molar-refractivity contribution is 0.135. The molecule has 2 amide bonds. The Balaban J connectivity index is 1.53. The first-order chi connectivity index (χ1) is 11.3. The number of nitrogens with zero attached hydrogens (tertiary/aromatic N) is 2. The van der Waals surface area contributed by atoms with E-state index in [4.69, 9.17) is 0 Å². The van der Waals surface area contributed by atoms with Gasteiger partial charge in [0.05, 0.1) is 6.04 Å². The molecular formula is C17H27N3O2S. The van der Waals surface area contributed by atoms with Gasteiger partial charge in [0, 0.05) is 31.1 Å². The van der Waals surface area contributed by atoms with E-state index in [1.807, 2.05) is 4.90 Å². The van der Waals surface area contributed by atoms with Gasteiger partial charge in [0.2, 0.25) is 0 Å². The molecule has 0 bridgehead atoms. The van der Waals surface area contributed by atoms with Crippen LogP contribution in [0, 0.1) is 5.92 Å². The van der Waals surface area contributed by atoms with Crippen molar-refractivity contribution in [2.45, 2.75) is 31.7 Å². The quantitative estimate of drug-likeness (QED) is 0.867. The van der Waals surface area contributed by atoms with Crippen LogP contribution in [0.2, 0.25) is 0 Å². The van der Waals surface area contributed by atoms with Crippen LogP contribution in [0.25, 0.3) is 0 Å². The summed E-state index contributed by atoms with van der Waals surface area (Å²) in [5.74, 6) is 0.363. The summed E-state index contributed by atoms with van der Waals surface area (Å²) >= 11 is 1.77. The number of nitrogens with one attached hydrogen (secondary N) is 1. The Bertz CT molecular complexity index is 480. The number of carbonyl (C=O) groups excluding carboxylic acids is 1. The summed E-state index contributed by atoms with van der Waals surface area (Å²) in [4.78, 5) is 18.1.